The number of pyridine rings is 1. The predicted molar refractivity (Wildman–Crippen MR) is 90.8 cm³/mol. The van der Waals surface area contributed by atoms with Crippen LogP contribution in [0.25, 0.3) is 0 Å². The van der Waals surface area contributed by atoms with Crippen LogP contribution < -0.4 is 5.32 Å². The highest BCUT2D eigenvalue weighted by atomic mass is 35.5. The average molecular weight is 350 g/mol. The van der Waals surface area contributed by atoms with E-state index in [1.54, 1.807) is 13.0 Å². The number of carbonyl (C=O) groups excluding carboxylic acids is 1. The third-order valence-electron chi connectivity index (χ3n) is 3.92. The lowest BCUT2D eigenvalue weighted by atomic mass is 10.2. The number of carbonyl (C=O) groups is 1. The van der Waals surface area contributed by atoms with E-state index >= 15 is 0 Å². The van der Waals surface area contributed by atoms with Crippen LogP contribution in [0.3, 0.4) is 0 Å². The Morgan fingerprint density at radius 3 is 2.67 bits per heavy atom. The van der Waals surface area contributed by atoms with E-state index in [4.69, 9.17) is 16.1 Å². The molecule has 2 aromatic rings. The minimum atomic E-state index is -0.0707. The molecule has 3 rings (SSSR count). The Morgan fingerprint density at radius 1 is 1.29 bits per heavy atom. The van der Waals surface area contributed by atoms with Crippen LogP contribution in [0.2, 0.25) is 5.15 Å². The lowest BCUT2D eigenvalue weighted by molar-refractivity contribution is -0.117. The SMILES string of the molecule is Cc1cc(NC(=O)CN2CCN(Cc3ccc(Cl)nc3)CC2)no1. The first-order chi connectivity index (χ1) is 11.6. The van der Waals surface area contributed by atoms with Gasteiger partial charge in [-0.3, -0.25) is 14.6 Å². The van der Waals surface area contributed by atoms with E-state index in [0.717, 1.165) is 38.3 Å². The lowest BCUT2D eigenvalue weighted by Gasteiger charge is -2.34. The molecule has 128 valence electrons. The predicted octanol–water partition coefficient (Wildman–Crippen LogP) is 1.79. The number of aryl methyl sites for hydroxylation is 1. The fourth-order valence-corrected chi connectivity index (χ4v) is 2.79. The Labute approximate surface area is 145 Å². The molecule has 0 unspecified atom stereocenters. The summed E-state index contributed by atoms with van der Waals surface area (Å²) in [5.41, 5.74) is 1.15. The summed E-state index contributed by atoms with van der Waals surface area (Å²) in [7, 11) is 0. The quantitative estimate of drug-likeness (QED) is 0.829. The third kappa shape index (κ3) is 4.77. The summed E-state index contributed by atoms with van der Waals surface area (Å²) >= 11 is 5.80. The number of rotatable bonds is 5. The monoisotopic (exact) mass is 349 g/mol. The van der Waals surface area contributed by atoms with Gasteiger partial charge in [-0.05, 0) is 18.6 Å². The second-order valence-electron chi connectivity index (χ2n) is 5.91. The zero-order valence-electron chi connectivity index (χ0n) is 13.5. The summed E-state index contributed by atoms with van der Waals surface area (Å²) in [5, 5.41) is 7.02. The second-order valence-corrected chi connectivity index (χ2v) is 6.30. The number of nitrogens with one attached hydrogen (secondary N) is 1. The van der Waals surface area contributed by atoms with E-state index in [-0.39, 0.29) is 5.91 Å². The Balaban J connectivity index is 1.41. The molecule has 0 bridgehead atoms. The molecule has 0 atom stereocenters. The molecule has 0 aromatic carbocycles. The van der Waals surface area contributed by atoms with E-state index < -0.39 is 0 Å². The molecule has 1 fully saturated rings. The summed E-state index contributed by atoms with van der Waals surface area (Å²) in [4.78, 5) is 20.6. The van der Waals surface area contributed by atoms with Gasteiger partial charge in [0.25, 0.3) is 0 Å². The van der Waals surface area contributed by atoms with Crippen molar-refractivity contribution in [2.45, 2.75) is 13.5 Å². The van der Waals surface area contributed by atoms with Gasteiger partial charge < -0.3 is 9.84 Å². The van der Waals surface area contributed by atoms with Crippen molar-refractivity contribution in [1.82, 2.24) is 19.9 Å². The van der Waals surface area contributed by atoms with Gasteiger partial charge in [0.15, 0.2) is 5.82 Å². The van der Waals surface area contributed by atoms with Crippen molar-refractivity contribution < 1.29 is 9.32 Å². The molecule has 2 aromatic heterocycles. The maximum Gasteiger partial charge on any atom is 0.239 e. The molecule has 1 amide bonds. The van der Waals surface area contributed by atoms with Gasteiger partial charge in [-0.2, -0.15) is 0 Å². The van der Waals surface area contributed by atoms with E-state index in [1.165, 1.54) is 0 Å². The van der Waals surface area contributed by atoms with Crippen molar-refractivity contribution in [2.75, 3.05) is 38.0 Å². The number of piperazine rings is 1. The number of hydrogen-bond donors (Lipinski definition) is 1. The van der Waals surface area contributed by atoms with E-state index in [1.807, 2.05) is 18.3 Å². The highest BCUT2D eigenvalue weighted by Crippen LogP contribution is 2.11. The van der Waals surface area contributed by atoms with Gasteiger partial charge in [-0.15, -0.1) is 0 Å². The van der Waals surface area contributed by atoms with Gasteiger partial charge in [0.05, 0.1) is 6.54 Å². The molecule has 0 radical (unpaired) electrons. The molecule has 0 spiro atoms. The van der Waals surface area contributed by atoms with Crippen molar-refractivity contribution >= 4 is 23.3 Å². The molecule has 0 saturated carbocycles. The fourth-order valence-electron chi connectivity index (χ4n) is 2.67. The van der Waals surface area contributed by atoms with Crippen LogP contribution in [-0.2, 0) is 11.3 Å². The van der Waals surface area contributed by atoms with Crippen molar-refractivity contribution in [2.24, 2.45) is 0 Å². The van der Waals surface area contributed by atoms with E-state index in [2.05, 4.69) is 25.3 Å². The lowest BCUT2D eigenvalue weighted by Crippen LogP contribution is -2.48. The molecule has 0 aliphatic carbocycles. The maximum absolute atomic E-state index is 12.0. The number of aromatic nitrogens is 2. The van der Waals surface area contributed by atoms with Gasteiger partial charge in [0, 0.05) is 45.0 Å². The van der Waals surface area contributed by atoms with Gasteiger partial charge in [-0.25, -0.2) is 4.98 Å². The van der Waals surface area contributed by atoms with Crippen LogP contribution in [0.15, 0.2) is 28.9 Å². The summed E-state index contributed by atoms with van der Waals surface area (Å²) in [6.45, 7) is 6.54. The van der Waals surface area contributed by atoms with Gasteiger partial charge >= 0.3 is 0 Å². The molecule has 1 aliphatic rings. The Morgan fingerprint density at radius 2 is 2.04 bits per heavy atom. The molecular formula is C16H20ClN5O2. The topological polar surface area (TPSA) is 74.5 Å². The van der Waals surface area contributed by atoms with Crippen LogP contribution in [-0.4, -0.2) is 58.6 Å². The largest absolute Gasteiger partial charge is 0.360 e. The fraction of sp³-hybridized carbons (Fsp3) is 0.438. The molecule has 3 heterocycles. The first kappa shape index (κ1) is 16.9. The molecule has 24 heavy (non-hydrogen) atoms. The number of hydrogen-bond acceptors (Lipinski definition) is 6. The molecule has 1 aliphatic heterocycles. The number of halogens is 1. The van der Waals surface area contributed by atoms with Crippen molar-refractivity contribution in [3.63, 3.8) is 0 Å². The molecule has 1 saturated heterocycles. The normalized spacial score (nSPS) is 16.2. The summed E-state index contributed by atoms with van der Waals surface area (Å²) in [6, 6.07) is 5.51. The minimum absolute atomic E-state index is 0.0707. The van der Waals surface area contributed by atoms with Crippen molar-refractivity contribution in [3.8, 4) is 0 Å². The third-order valence-corrected chi connectivity index (χ3v) is 4.15. The van der Waals surface area contributed by atoms with Crippen LogP contribution in [0, 0.1) is 6.92 Å². The van der Waals surface area contributed by atoms with Crippen LogP contribution >= 0.6 is 11.6 Å². The minimum Gasteiger partial charge on any atom is -0.360 e. The van der Waals surface area contributed by atoms with Crippen LogP contribution in [0.1, 0.15) is 11.3 Å². The van der Waals surface area contributed by atoms with Crippen LogP contribution in [0.5, 0.6) is 0 Å². The average Bonchev–Trinajstić information content (AvgIpc) is 2.96. The smallest absolute Gasteiger partial charge is 0.239 e. The van der Waals surface area contributed by atoms with E-state index in [0.29, 0.717) is 23.3 Å². The maximum atomic E-state index is 12.0. The van der Waals surface area contributed by atoms with Crippen molar-refractivity contribution in [1.29, 1.82) is 0 Å². The molecule has 1 N–H and O–H groups in total. The first-order valence-electron chi connectivity index (χ1n) is 7.87. The Kier molecular flexibility index (Phi) is 5.44. The summed E-state index contributed by atoms with van der Waals surface area (Å²) in [5.74, 6) is 1.07. The molecular weight excluding hydrogens is 330 g/mol. The Bertz CT molecular complexity index is 680. The number of anilines is 1. The molecule has 7 nitrogen and oxygen atoms in total. The first-order valence-corrected chi connectivity index (χ1v) is 8.24. The second kappa shape index (κ2) is 7.74. The molecule has 8 heteroatoms. The van der Waals surface area contributed by atoms with Gasteiger partial charge in [-0.1, -0.05) is 22.8 Å². The zero-order valence-corrected chi connectivity index (χ0v) is 14.3. The van der Waals surface area contributed by atoms with E-state index in [9.17, 15) is 4.79 Å². The highest BCUT2D eigenvalue weighted by molar-refractivity contribution is 6.29. The standard InChI is InChI=1S/C16H20ClN5O2/c1-12-8-15(20-24-12)19-16(23)11-22-6-4-21(5-7-22)10-13-2-3-14(17)18-9-13/h2-3,8-9H,4-7,10-11H2,1H3,(H,19,20,23). The summed E-state index contributed by atoms with van der Waals surface area (Å²) in [6.07, 6.45) is 1.81. The van der Waals surface area contributed by atoms with Crippen molar-refractivity contribution in [3.05, 3.63) is 40.9 Å². The summed E-state index contributed by atoms with van der Waals surface area (Å²) < 4.78 is 4.94. The zero-order chi connectivity index (χ0) is 16.9. The number of nitrogens with zero attached hydrogens (tertiary/aromatic N) is 4. The highest BCUT2D eigenvalue weighted by Gasteiger charge is 2.19. The van der Waals surface area contributed by atoms with Crippen LogP contribution in [0.4, 0.5) is 5.82 Å². The Hall–Kier alpha value is -1.96. The number of amides is 1. The van der Waals surface area contributed by atoms with Gasteiger partial charge in [0.2, 0.25) is 5.91 Å². The van der Waals surface area contributed by atoms with Gasteiger partial charge in [0.1, 0.15) is 10.9 Å².